The zero-order valence-corrected chi connectivity index (χ0v) is 11.6. The van der Waals surface area contributed by atoms with Crippen molar-refractivity contribution in [3.05, 3.63) is 18.2 Å². The zero-order valence-electron chi connectivity index (χ0n) is 10.8. The number of nitrogens with zero attached hydrogens (tertiary/aromatic N) is 1. The highest BCUT2D eigenvalue weighted by molar-refractivity contribution is 7.89. The van der Waals surface area contributed by atoms with Gasteiger partial charge in [0.1, 0.15) is 0 Å². The van der Waals surface area contributed by atoms with E-state index in [0.717, 1.165) is 13.0 Å². The van der Waals surface area contributed by atoms with E-state index in [0.29, 0.717) is 17.9 Å². The summed E-state index contributed by atoms with van der Waals surface area (Å²) in [7, 11) is -3.75. The fourth-order valence-electron chi connectivity index (χ4n) is 2.24. The predicted octanol–water partition coefficient (Wildman–Crippen LogP) is 0.123. The fraction of sp³-hybridized carbons (Fsp3) is 0.500. The fourth-order valence-corrected chi connectivity index (χ4v) is 2.78. The number of nitrogens with two attached hydrogens (primary N) is 2. The van der Waals surface area contributed by atoms with E-state index >= 15 is 0 Å². The zero-order chi connectivity index (χ0) is 14.2. The van der Waals surface area contributed by atoms with Crippen LogP contribution in [0.3, 0.4) is 0 Å². The molecule has 6 nitrogen and oxygen atoms in total. The minimum absolute atomic E-state index is 0.0322. The Hall–Kier alpha value is -1.31. The van der Waals surface area contributed by atoms with Crippen molar-refractivity contribution < 1.29 is 13.5 Å². The average molecular weight is 285 g/mol. The summed E-state index contributed by atoms with van der Waals surface area (Å²) in [5.74, 6) is 0.235. The largest absolute Gasteiger partial charge is 0.397 e. The number of anilines is 2. The first-order valence-electron chi connectivity index (χ1n) is 6.14. The Morgan fingerprint density at radius 3 is 2.68 bits per heavy atom. The lowest BCUT2D eigenvalue weighted by atomic mass is 9.95. The van der Waals surface area contributed by atoms with Crippen molar-refractivity contribution >= 4 is 21.4 Å². The summed E-state index contributed by atoms with van der Waals surface area (Å²) >= 11 is 0. The second kappa shape index (κ2) is 4.99. The van der Waals surface area contributed by atoms with Gasteiger partial charge < -0.3 is 15.7 Å². The van der Waals surface area contributed by atoms with Gasteiger partial charge in [0, 0.05) is 13.1 Å². The Labute approximate surface area is 113 Å². The number of aliphatic hydroxyl groups excluding tert-OH is 1. The first kappa shape index (κ1) is 14.1. The monoisotopic (exact) mass is 285 g/mol. The molecule has 7 heteroatoms. The van der Waals surface area contributed by atoms with E-state index in [-0.39, 0.29) is 10.8 Å². The Morgan fingerprint density at radius 1 is 1.42 bits per heavy atom. The van der Waals surface area contributed by atoms with E-state index in [4.69, 9.17) is 10.9 Å². The first-order chi connectivity index (χ1) is 8.79. The van der Waals surface area contributed by atoms with Gasteiger partial charge in [-0.05, 0) is 30.5 Å². The minimum atomic E-state index is -3.75. The molecule has 2 unspecified atom stereocenters. The Balaban J connectivity index is 2.34. The minimum Gasteiger partial charge on any atom is -0.397 e. The summed E-state index contributed by atoms with van der Waals surface area (Å²) in [6, 6.07) is 4.38. The van der Waals surface area contributed by atoms with E-state index in [2.05, 4.69) is 0 Å². The molecule has 1 fully saturated rings. The Morgan fingerprint density at radius 2 is 2.11 bits per heavy atom. The molecule has 19 heavy (non-hydrogen) atoms. The normalized spacial score (nSPS) is 24.5. The molecule has 1 saturated heterocycles. The van der Waals surface area contributed by atoms with E-state index in [1.807, 2.05) is 11.8 Å². The van der Waals surface area contributed by atoms with Crippen LogP contribution >= 0.6 is 0 Å². The van der Waals surface area contributed by atoms with Crippen LogP contribution in [0.5, 0.6) is 0 Å². The number of β-amino-alcohol motifs (C(OH)–C–C–N with tert-alkyl or cyclic N) is 1. The number of rotatable bonds is 2. The second-order valence-corrected chi connectivity index (χ2v) is 6.61. The summed E-state index contributed by atoms with van der Waals surface area (Å²) in [5, 5.41) is 15.0. The van der Waals surface area contributed by atoms with Gasteiger partial charge in [-0.2, -0.15) is 0 Å². The summed E-state index contributed by atoms with van der Waals surface area (Å²) in [6.07, 6.45) is 0.395. The summed E-state index contributed by atoms with van der Waals surface area (Å²) in [4.78, 5) is 1.93. The molecule has 0 amide bonds. The molecule has 1 aromatic rings. The quantitative estimate of drug-likeness (QED) is 0.669. The van der Waals surface area contributed by atoms with Gasteiger partial charge in [0.25, 0.3) is 0 Å². The van der Waals surface area contributed by atoms with Crippen molar-refractivity contribution in [2.45, 2.75) is 24.3 Å². The molecule has 106 valence electrons. The maximum absolute atomic E-state index is 11.4. The molecule has 0 aliphatic carbocycles. The second-order valence-electron chi connectivity index (χ2n) is 5.04. The molecule has 1 aliphatic rings. The highest BCUT2D eigenvalue weighted by atomic mass is 32.2. The number of hydrogen-bond donors (Lipinski definition) is 3. The van der Waals surface area contributed by atoms with E-state index < -0.39 is 16.1 Å². The van der Waals surface area contributed by atoms with Gasteiger partial charge >= 0.3 is 0 Å². The lowest BCUT2D eigenvalue weighted by Gasteiger charge is -2.36. The van der Waals surface area contributed by atoms with Crippen molar-refractivity contribution in [1.82, 2.24) is 0 Å². The molecule has 0 radical (unpaired) electrons. The molecule has 0 saturated carbocycles. The van der Waals surface area contributed by atoms with Crippen LogP contribution in [0, 0.1) is 5.92 Å². The lowest BCUT2D eigenvalue weighted by Crippen LogP contribution is -2.43. The Kier molecular flexibility index (Phi) is 3.71. The van der Waals surface area contributed by atoms with Gasteiger partial charge in [-0.3, -0.25) is 0 Å². The molecule has 1 heterocycles. The summed E-state index contributed by atoms with van der Waals surface area (Å²) < 4.78 is 22.7. The van der Waals surface area contributed by atoms with Crippen molar-refractivity contribution in [2.24, 2.45) is 11.1 Å². The van der Waals surface area contributed by atoms with Crippen molar-refractivity contribution in [2.75, 3.05) is 23.7 Å². The molecule has 2 atom stereocenters. The number of piperidine rings is 1. The summed E-state index contributed by atoms with van der Waals surface area (Å²) in [5.41, 5.74) is 6.97. The Bertz CT molecular complexity index is 574. The molecular formula is C12H19N3O3S. The van der Waals surface area contributed by atoms with Gasteiger partial charge in [-0.15, -0.1) is 0 Å². The third-order valence-electron chi connectivity index (χ3n) is 3.59. The van der Waals surface area contributed by atoms with Gasteiger partial charge in [0.2, 0.25) is 10.0 Å². The highest BCUT2D eigenvalue weighted by Crippen LogP contribution is 2.30. The smallest absolute Gasteiger partial charge is 0.238 e. The molecule has 5 N–H and O–H groups in total. The first-order valence-corrected chi connectivity index (χ1v) is 7.69. The molecule has 1 aliphatic heterocycles. The van der Waals surface area contributed by atoms with Crippen molar-refractivity contribution in [1.29, 1.82) is 0 Å². The van der Waals surface area contributed by atoms with Crippen LogP contribution in [0.2, 0.25) is 0 Å². The van der Waals surface area contributed by atoms with Crippen LogP contribution in [0.15, 0.2) is 23.1 Å². The van der Waals surface area contributed by atoms with Crippen LogP contribution in [-0.4, -0.2) is 32.7 Å². The van der Waals surface area contributed by atoms with Gasteiger partial charge in [0.05, 0.1) is 22.4 Å². The van der Waals surface area contributed by atoms with Gasteiger partial charge in [0.15, 0.2) is 0 Å². The van der Waals surface area contributed by atoms with Crippen molar-refractivity contribution in [3.8, 4) is 0 Å². The molecule has 2 rings (SSSR count). The number of nitrogen functional groups attached to an aromatic ring is 1. The topological polar surface area (TPSA) is 110 Å². The average Bonchev–Trinajstić information content (AvgIpc) is 2.32. The van der Waals surface area contributed by atoms with Crippen molar-refractivity contribution in [3.63, 3.8) is 0 Å². The lowest BCUT2D eigenvalue weighted by molar-refractivity contribution is 0.103. The van der Waals surface area contributed by atoms with Crippen LogP contribution in [-0.2, 0) is 10.0 Å². The molecular weight excluding hydrogens is 266 g/mol. The van der Waals surface area contributed by atoms with Crippen LogP contribution in [0.4, 0.5) is 11.4 Å². The van der Waals surface area contributed by atoms with E-state index in [1.165, 1.54) is 18.2 Å². The van der Waals surface area contributed by atoms with Gasteiger partial charge in [-0.1, -0.05) is 6.92 Å². The molecule has 0 bridgehead atoms. The van der Waals surface area contributed by atoms with E-state index in [9.17, 15) is 13.5 Å². The van der Waals surface area contributed by atoms with Crippen LogP contribution < -0.4 is 15.8 Å². The number of aliphatic hydroxyl groups is 1. The maximum atomic E-state index is 11.4. The highest BCUT2D eigenvalue weighted by Gasteiger charge is 2.26. The number of hydrogen-bond acceptors (Lipinski definition) is 5. The number of benzene rings is 1. The maximum Gasteiger partial charge on any atom is 0.238 e. The van der Waals surface area contributed by atoms with Crippen LogP contribution in [0.25, 0.3) is 0 Å². The third kappa shape index (κ3) is 2.99. The van der Waals surface area contributed by atoms with Crippen LogP contribution in [0.1, 0.15) is 13.3 Å². The predicted molar refractivity (Wildman–Crippen MR) is 74.2 cm³/mol. The van der Waals surface area contributed by atoms with Gasteiger partial charge in [-0.25, -0.2) is 13.6 Å². The van der Waals surface area contributed by atoms with E-state index in [1.54, 1.807) is 0 Å². The standard InChI is InChI=1S/C12H19N3O3S/c1-8-4-5-15(7-12(8)16)11-6-9(19(14,17)18)2-3-10(11)13/h2-3,6,8,12,16H,4-5,7,13H2,1H3,(H2,14,17,18). The number of primary sulfonamides is 1. The third-order valence-corrected chi connectivity index (χ3v) is 4.50. The number of sulfonamides is 1. The summed E-state index contributed by atoms with van der Waals surface area (Å²) in [6.45, 7) is 3.17. The molecule has 1 aromatic carbocycles. The molecule has 0 aromatic heterocycles. The SMILES string of the molecule is CC1CCN(c2cc(S(N)(=O)=O)ccc2N)CC1O. The molecule has 0 spiro atoms.